The molecule has 26 heavy (non-hydrogen) atoms. The summed E-state index contributed by atoms with van der Waals surface area (Å²) in [5.74, 6) is 0.617. The first-order valence-electron chi connectivity index (χ1n) is 8.82. The van der Waals surface area contributed by atoms with Gasteiger partial charge in [-0.05, 0) is 50.7 Å². The summed E-state index contributed by atoms with van der Waals surface area (Å²) in [6.07, 6.45) is 0.596. The van der Waals surface area contributed by atoms with Crippen LogP contribution in [0.2, 0.25) is 0 Å². The molecule has 3 rings (SSSR count). The second-order valence-corrected chi connectivity index (χ2v) is 7.00. The summed E-state index contributed by atoms with van der Waals surface area (Å²) >= 11 is 0. The molecule has 1 N–H and O–H groups in total. The number of rotatable bonds is 6. The maximum atomic E-state index is 11.7. The van der Waals surface area contributed by atoms with Gasteiger partial charge in [0, 0.05) is 17.5 Å². The van der Waals surface area contributed by atoms with Crippen molar-refractivity contribution >= 4 is 10.9 Å². The molecular weight excluding hydrogens is 324 g/mol. The molecule has 4 heteroatoms. The standard InChI is InChI=1S/C22H26N2O2/c1-16-14-17-10-11-19(15-20(17)23-21(16)26-4)22(25,12-13-24(2)3)18-8-6-5-7-9-18/h5-11,14-15,25H,12-13H2,1-4H3. The van der Waals surface area contributed by atoms with E-state index in [4.69, 9.17) is 4.74 Å². The number of ether oxygens (including phenoxy) is 1. The number of aryl methyl sites for hydroxylation is 1. The number of nitrogens with zero attached hydrogens (tertiary/aromatic N) is 2. The molecule has 1 atom stereocenters. The molecule has 1 aromatic heterocycles. The third-order valence-electron chi connectivity index (χ3n) is 4.80. The molecule has 3 aromatic rings. The SMILES string of the molecule is COc1nc2cc(C(O)(CCN(C)C)c3ccccc3)ccc2cc1C. The molecule has 1 unspecified atom stereocenters. The number of hydrogen-bond donors (Lipinski definition) is 1. The van der Waals surface area contributed by atoms with E-state index in [9.17, 15) is 5.11 Å². The molecule has 136 valence electrons. The first-order chi connectivity index (χ1) is 12.4. The van der Waals surface area contributed by atoms with Crippen molar-refractivity contribution in [3.8, 4) is 5.88 Å². The van der Waals surface area contributed by atoms with Gasteiger partial charge in [-0.15, -0.1) is 0 Å². The first-order valence-corrected chi connectivity index (χ1v) is 8.82. The lowest BCUT2D eigenvalue weighted by molar-refractivity contribution is 0.0630. The van der Waals surface area contributed by atoms with E-state index < -0.39 is 5.60 Å². The Morgan fingerprint density at radius 2 is 1.77 bits per heavy atom. The summed E-state index contributed by atoms with van der Waals surface area (Å²) in [5, 5.41) is 12.7. The summed E-state index contributed by atoms with van der Waals surface area (Å²) in [5.41, 5.74) is 2.49. The van der Waals surface area contributed by atoms with Crippen molar-refractivity contribution in [1.82, 2.24) is 9.88 Å². The number of benzene rings is 2. The summed E-state index contributed by atoms with van der Waals surface area (Å²) in [6, 6.07) is 17.9. The molecule has 0 saturated carbocycles. The molecule has 0 spiro atoms. The van der Waals surface area contributed by atoms with Gasteiger partial charge in [0.25, 0.3) is 0 Å². The highest BCUT2D eigenvalue weighted by molar-refractivity contribution is 5.81. The van der Waals surface area contributed by atoms with Gasteiger partial charge in [0.15, 0.2) is 0 Å². The molecule has 0 fully saturated rings. The monoisotopic (exact) mass is 350 g/mol. The number of aliphatic hydroxyl groups is 1. The third kappa shape index (κ3) is 3.57. The lowest BCUT2D eigenvalue weighted by Gasteiger charge is -2.31. The molecule has 0 bridgehead atoms. The van der Waals surface area contributed by atoms with E-state index in [2.05, 4.69) is 16.0 Å². The van der Waals surface area contributed by atoms with Gasteiger partial charge in [0.2, 0.25) is 5.88 Å². The maximum absolute atomic E-state index is 11.7. The van der Waals surface area contributed by atoms with Crippen molar-refractivity contribution in [2.45, 2.75) is 18.9 Å². The smallest absolute Gasteiger partial charge is 0.216 e. The van der Waals surface area contributed by atoms with E-state index in [0.717, 1.165) is 34.1 Å². The highest BCUT2D eigenvalue weighted by Crippen LogP contribution is 2.35. The fourth-order valence-corrected chi connectivity index (χ4v) is 3.27. The predicted octanol–water partition coefficient (Wildman–Crippen LogP) is 3.74. The minimum atomic E-state index is -1.07. The molecule has 0 aliphatic rings. The largest absolute Gasteiger partial charge is 0.481 e. The Hall–Kier alpha value is -2.43. The fourth-order valence-electron chi connectivity index (χ4n) is 3.27. The van der Waals surface area contributed by atoms with Gasteiger partial charge in [-0.1, -0.05) is 42.5 Å². The minimum Gasteiger partial charge on any atom is -0.481 e. The molecule has 0 aliphatic heterocycles. The molecule has 0 saturated heterocycles. The van der Waals surface area contributed by atoms with Crippen molar-refractivity contribution in [1.29, 1.82) is 0 Å². The molecule has 0 amide bonds. The summed E-state index contributed by atoms with van der Waals surface area (Å²) in [6.45, 7) is 2.75. The van der Waals surface area contributed by atoms with Crippen molar-refractivity contribution in [2.24, 2.45) is 0 Å². The Balaban J connectivity index is 2.12. The van der Waals surface area contributed by atoms with Crippen LogP contribution in [0.15, 0.2) is 54.6 Å². The molecular formula is C22H26N2O2. The maximum Gasteiger partial charge on any atom is 0.216 e. The zero-order valence-corrected chi connectivity index (χ0v) is 15.9. The van der Waals surface area contributed by atoms with Crippen LogP contribution in [0, 0.1) is 6.92 Å². The number of pyridine rings is 1. The molecule has 4 nitrogen and oxygen atoms in total. The van der Waals surface area contributed by atoms with Crippen LogP contribution in [0.3, 0.4) is 0 Å². The zero-order chi connectivity index (χ0) is 18.7. The Morgan fingerprint density at radius 1 is 1.04 bits per heavy atom. The molecule has 1 heterocycles. The van der Waals surface area contributed by atoms with E-state index in [1.165, 1.54) is 0 Å². The normalized spacial score (nSPS) is 13.8. The molecule has 2 aromatic carbocycles. The van der Waals surface area contributed by atoms with E-state index >= 15 is 0 Å². The second kappa shape index (κ2) is 7.44. The first kappa shape index (κ1) is 18.4. The van der Waals surface area contributed by atoms with Crippen molar-refractivity contribution < 1.29 is 9.84 Å². The van der Waals surface area contributed by atoms with Gasteiger partial charge in [0.1, 0.15) is 5.60 Å². The highest BCUT2D eigenvalue weighted by Gasteiger charge is 2.31. The number of fused-ring (bicyclic) bond motifs is 1. The highest BCUT2D eigenvalue weighted by atomic mass is 16.5. The Morgan fingerprint density at radius 3 is 2.42 bits per heavy atom. The Labute approximate surface area is 155 Å². The van der Waals surface area contributed by atoms with Gasteiger partial charge in [-0.2, -0.15) is 0 Å². The van der Waals surface area contributed by atoms with Gasteiger partial charge in [0.05, 0.1) is 12.6 Å². The summed E-state index contributed by atoms with van der Waals surface area (Å²) in [4.78, 5) is 6.70. The van der Waals surface area contributed by atoms with Gasteiger partial charge < -0.3 is 14.7 Å². The Kier molecular flexibility index (Phi) is 5.25. The Bertz CT molecular complexity index is 893. The topological polar surface area (TPSA) is 45.6 Å². The van der Waals surface area contributed by atoms with Crippen LogP contribution in [0.1, 0.15) is 23.1 Å². The molecule has 0 radical (unpaired) electrons. The van der Waals surface area contributed by atoms with Crippen molar-refractivity contribution in [3.05, 3.63) is 71.3 Å². The second-order valence-electron chi connectivity index (χ2n) is 7.00. The lowest BCUT2D eigenvalue weighted by atomic mass is 9.83. The van der Waals surface area contributed by atoms with E-state index in [1.54, 1.807) is 7.11 Å². The average Bonchev–Trinajstić information content (AvgIpc) is 2.65. The van der Waals surface area contributed by atoms with E-state index in [1.807, 2.05) is 69.6 Å². The number of aromatic nitrogens is 1. The van der Waals surface area contributed by atoms with Crippen molar-refractivity contribution in [3.63, 3.8) is 0 Å². The molecule has 0 aliphatic carbocycles. The van der Waals surface area contributed by atoms with Gasteiger partial charge >= 0.3 is 0 Å². The summed E-state index contributed by atoms with van der Waals surface area (Å²) in [7, 11) is 5.66. The summed E-state index contributed by atoms with van der Waals surface area (Å²) < 4.78 is 5.36. The minimum absolute atomic E-state index is 0.596. The van der Waals surface area contributed by atoms with Crippen LogP contribution in [0.4, 0.5) is 0 Å². The lowest BCUT2D eigenvalue weighted by Crippen LogP contribution is -2.31. The number of hydrogen-bond acceptors (Lipinski definition) is 4. The third-order valence-corrected chi connectivity index (χ3v) is 4.80. The van der Waals surface area contributed by atoms with E-state index in [-0.39, 0.29) is 0 Å². The van der Waals surface area contributed by atoms with E-state index in [0.29, 0.717) is 12.3 Å². The fraction of sp³-hybridized carbons (Fsp3) is 0.318. The van der Waals surface area contributed by atoms with Crippen LogP contribution in [0.25, 0.3) is 10.9 Å². The van der Waals surface area contributed by atoms with Crippen LogP contribution < -0.4 is 4.74 Å². The quantitative estimate of drug-likeness (QED) is 0.736. The van der Waals surface area contributed by atoms with Gasteiger partial charge in [-0.25, -0.2) is 4.98 Å². The zero-order valence-electron chi connectivity index (χ0n) is 15.9. The van der Waals surface area contributed by atoms with Crippen LogP contribution >= 0.6 is 0 Å². The predicted molar refractivity (Wildman–Crippen MR) is 106 cm³/mol. The van der Waals surface area contributed by atoms with Crippen LogP contribution in [-0.4, -0.2) is 42.7 Å². The van der Waals surface area contributed by atoms with Gasteiger partial charge in [-0.3, -0.25) is 0 Å². The van der Waals surface area contributed by atoms with Crippen molar-refractivity contribution in [2.75, 3.05) is 27.7 Å². The van der Waals surface area contributed by atoms with Crippen LogP contribution in [0.5, 0.6) is 5.88 Å². The average molecular weight is 350 g/mol. The van der Waals surface area contributed by atoms with Crippen LogP contribution in [-0.2, 0) is 5.60 Å². The number of methoxy groups -OCH3 is 1.